The lowest BCUT2D eigenvalue weighted by Crippen LogP contribution is -2.53. The Morgan fingerprint density at radius 3 is 1.83 bits per heavy atom. The average molecular weight is 348 g/mol. The molecule has 1 rings (SSSR count). The summed E-state index contributed by atoms with van der Waals surface area (Å²) in [5.41, 5.74) is -0.983. The first-order valence-electron chi connectivity index (χ1n) is 5.41. The number of benzene rings is 1. The van der Waals surface area contributed by atoms with E-state index < -0.39 is 41.5 Å². The predicted molar refractivity (Wildman–Crippen MR) is 56.4 cm³/mol. The zero-order valence-electron chi connectivity index (χ0n) is 10.6. The summed E-state index contributed by atoms with van der Waals surface area (Å²) in [6.07, 6.45) is -12.3. The highest BCUT2D eigenvalue weighted by molar-refractivity contribution is 5.97. The summed E-state index contributed by atoms with van der Waals surface area (Å²) >= 11 is 0. The predicted octanol–water partition coefficient (Wildman–Crippen LogP) is 1.75. The molecule has 23 heavy (non-hydrogen) atoms. The normalized spacial score (nSPS) is 12.8. The van der Waals surface area contributed by atoms with E-state index in [2.05, 4.69) is 0 Å². The monoisotopic (exact) mass is 348 g/mol. The molecule has 1 amide bonds. The fourth-order valence-electron chi connectivity index (χ4n) is 1.24. The molecule has 12 heteroatoms. The quantitative estimate of drug-likeness (QED) is 0.823. The van der Waals surface area contributed by atoms with Gasteiger partial charge in [0.25, 0.3) is 0 Å². The maximum absolute atomic E-state index is 13.1. The van der Waals surface area contributed by atoms with E-state index in [9.17, 15) is 45.4 Å². The van der Waals surface area contributed by atoms with Gasteiger partial charge in [-0.05, 0) is 17.7 Å². The summed E-state index contributed by atoms with van der Waals surface area (Å²) < 4.78 is 88.8. The van der Waals surface area contributed by atoms with Gasteiger partial charge in [-0.2, -0.15) is 17.6 Å². The molecule has 0 spiro atoms. The van der Waals surface area contributed by atoms with E-state index in [1.165, 1.54) is 5.32 Å². The molecule has 0 saturated heterocycles. The molecule has 5 nitrogen and oxygen atoms in total. The first-order valence-corrected chi connectivity index (χ1v) is 5.41. The Labute approximate surface area is 122 Å². The molecule has 1 N–H and O–H groups in total. The molecule has 0 aliphatic heterocycles. The van der Waals surface area contributed by atoms with Crippen LogP contribution in [-0.2, 0) is 9.53 Å². The molecule has 0 unspecified atom stereocenters. The van der Waals surface area contributed by atoms with Crippen LogP contribution in [0, 0.1) is 0 Å². The molecule has 0 heterocycles. The standard InChI is InChI=1S/C11H6F7NO4/c12-9(13,10(14,15)23-11(16,17)18)8(22)19-6-3-1-5(2-4-6)7(20)21/h1-4H,(H,19,22)(H,20,21)/p-1. The molecule has 0 atom stereocenters. The first-order chi connectivity index (χ1) is 10.3. The van der Waals surface area contributed by atoms with E-state index in [0.717, 1.165) is 24.3 Å². The summed E-state index contributed by atoms with van der Waals surface area (Å²) in [6.45, 7) is 0. The van der Waals surface area contributed by atoms with Crippen molar-refractivity contribution in [3.63, 3.8) is 0 Å². The number of aromatic carboxylic acids is 1. The van der Waals surface area contributed by atoms with Crippen molar-refractivity contribution in [1.82, 2.24) is 0 Å². The number of amides is 1. The van der Waals surface area contributed by atoms with E-state index in [4.69, 9.17) is 0 Å². The van der Waals surface area contributed by atoms with Crippen LogP contribution in [-0.4, -0.2) is 30.3 Å². The van der Waals surface area contributed by atoms with E-state index in [-0.39, 0.29) is 0 Å². The Balaban J connectivity index is 2.92. The molecule has 128 valence electrons. The van der Waals surface area contributed by atoms with Crippen molar-refractivity contribution in [2.75, 3.05) is 5.32 Å². The molecule has 0 saturated carbocycles. The number of nitrogens with one attached hydrogen (secondary N) is 1. The van der Waals surface area contributed by atoms with E-state index in [1.54, 1.807) is 0 Å². The van der Waals surface area contributed by atoms with Crippen molar-refractivity contribution in [3.8, 4) is 0 Å². The van der Waals surface area contributed by atoms with E-state index >= 15 is 0 Å². The fourth-order valence-corrected chi connectivity index (χ4v) is 1.24. The lowest BCUT2D eigenvalue weighted by atomic mass is 10.2. The van der Waals surface area contributed by atoms with Crippen molar-refractivity contribution in [3.05, 3.63) is 29.8 Å². The van der Waals surface area contributed by atoms with Crippen LogP contribution in [0.5, 0.6) is 0 Å². The third-order valence-corrected chi connectivity index (χ3v) is 2.27. The number of ether oxygens (including phenoxy) is 1. The third kappa shape index (κ3) is 4.55. The van der Waals surface area contributed by atoms with Gasteiger partial charge >= 0.3 is 24.3 Å². The number of rotatable bonds is 5. The Morgan fingerprint density at radius 2 is 1.43 bits per heavy atom. The Hall–Kier alpha value is -2.37. The van der Waals surface area contributed by atoms with Crippen LogP contribution in [0.3, 0.4) is 0 Å². The van der Waals surface area contributed by atoms with E-state index in [0.29, 0.717) is 0 Å². The molecule has 0 bridgehead atoms. The minimum absolute atomic E-state index is 0.416. The minimum atomic E-state index is -6.15. The van der Waals surface area contributed by atoms with Crippen LogP contribution in [0.25, 0.3) is 0 Å². The minimum Gasteiger partial charge on any atom is -0.545 e. The first kappa shape index (κ1) is 18.7. The highest BCUT2D eigenvalue weighted by Gasteiger charge is 2.67. The summed E-state index contributed by atoms with van der Waals surface area (Å²) in [5.74, 6) is -10.3. The Kier molecular flexibility index (Phi) is 4.89. The number of hydrogen-bond acceptors (Lipinski definition) is 4. The van der Waals surface area contributed by atoms with Crippen molar-refractivity contribution in [2.45, 2.75) is 18.4 Å². The maximum Gasteiger partial charge on any atom is 0.527 e. The average Bonchev–Trinajstić information content (AvgIpc) is 2.36. The Morgan fingerprint density at radius 1 is 0.957 bits per heavy atom. The molecule has 1 aromatic rings. The summed E-state index contributed by atoms with van der Waals surface area (Å²) in [7, 11) is 0. The number of hydrogen-bond donors (Lipinski definition) is 1. The van der Waals surface area contributed by atoms with Gasteiger partial charge in [-0.1, -0.05) is 12.1 Å². The van der Waals surface area contributed by atoms with Gasteiger partial charge in [-0.3, -0.25) is 4.79 Å². The topological polar surface area (TPSA) is 78.5 Å². The number of carboxylic acid groups (broad SMARTS) is 1. The van der Waals surface area contributed by atoms with Crippen molar-refractivity contribution < 1.29 is 50.2 Å². The molecular formula is C11H5F7NO4-. The van der Waals surface area contributed by atoms with E-state index in [1.807, 2.05) is 4.74 Å². The zero-order valence-corrected chi connectivity index (χ0v) is 10.6. The van der Waals surface area contributed by atoms with Crippen molar-refractivity contribution >= 4 is 17.6 Å². The van der Waals surface area contributed by atoms with Gasteiger partial charge in [0.05, 0.1) is 5.97 Å². The van der Waals surface area contributed by atoms with Gasteiger partial charge < -0.3 is 15.2 Å². The third-order valence-electron chi connectivity index (χ3n) is 2.27. The van der Waals surface area contributed by atoms with Crippen LogP contribution >= 0.6 is 0 Å². The number of carbonyl (C=O) groups is 2. The van der Waals surface area contributed by atoms with Crippen LogP contribution in [0.4, 0.5) is 36.4 Å². The van der Waals surface area contributed by atoms with Crippen molar-refractivity contribution in [2.24, 2.45) is 0 Å². The molecule has 0 aromatic heterocycles. The molecule has 1 aromatic carbocycles. The van der Waals surface area contributed by atoms with Gasteiger partial charge in [-0.25, -0.2) is 4.74 Å². The van der Waals surface area contributed by atoms with Gasteiger partial charge in [0.2, 0.25) is 0 Å². The maximum atomic E-state index is 13.1. The molecule has 0 radical (unpaired) electrons. The lowest BCUT2D eigenvalue weighted by Gasteiger charge is -2.25. The SMILES string of the molecule is O=C([O-])c1ccc(NC(=O)C(F)(F)C(F)(F)OC(F)(F)F)cc1. The smallest absolute Gasteiger partial charge is 0.527 e. The highest BCUT2D eigenvalue weighted by Crippen LogP contribution is 2.40. The lowest BCUT2D eigenvalue weighted by molar-refractivity contribution is -0.457. The highest BCUT2D eigenvalue weighted by atomic mass is 19.4. The number of alkyl halides is 7. The number of carboxylic acids is 1. The van der Waals surface area contributed by atoms with Crippen LogP contribution < -0.4 is 10.4 Å². The second kappa shape index (κ2) is 6.02. The van der Waals surface area contributed by atoms with Crippen LogP contribution in [0.15, 0.2) is 24.3 Å². The Bertz CT molecular complexity index is 597. The summed E-state index contributed by atoms with van der Waals surface area (Å²) in [5, 5.41) is 11.6. The fraction of sp³-hybridized carbons (Fsp3) is 0.273. The number of anilines is 1. The van der Waals surface area contributed by atoms with Crippen LogP contribution in [0.2, 0.25) is 0 Å². The molecular weight excluding hydrogens is 343 g/mol. The van der Waals surface area contributed by atoms with Gasteiger partial charge in [0, 0.05) is 5.69 Å². The summed E-state index contributed by atoms with van der Waals surface area (Å²) in [6, 6.07) is 3.05. The summed E-state index contributed by atoms with van der Waals surface area (Å²) in [4.78, 5) is 21.5. The molecule has 0 aliphatic carbocycles. The van der Waals surface area contributed by atoms with Crippen molar-refractivity contribution in [1.29, 1.82) is 0 Å². The van der Waals surface area contributed by atoms with Gasteiger partial charge in [0.15, 0.2) is 0 Å². The largest absolute Gasteiger partial charge is 0.545 e. The van der Waals surface area contributed by atoms with Gasteiger partial charge in [-0.15, -0.1) is 13.2 Å². The second-order valence-corrected chi connectivity index (χ2v) is 3.96. The molecule has 0 aliphatic rings. The second-order valence-electron chi connectivity index (χ2n) is 3.96. The van der Waals surface area contributed by atoms with Gasteiger partial charge in [0.1, 0.15) is 0 Å². The molecule has 0 fully saturated rings. The zero-order chi connectivity index (χ0) is 18.1. The number of carbonyl (C=O) groups excluding carboxylic acids is 2. The number of halogens is 7. The van der Waals surface area contributed by atoms with Crippen LogP contribution in [0.1, 0.15) is 10.4 Å².